The van der Waals surface area contributed by atoms with Gasteiger partial charge in [-0.2, -0.15) is 0 Å². The van der Waals surface area contributed by atoms with E-state index >= 15 is 0 Å². The van der Waals surface area contributed by atoms with Gasteiger partial charge in [0.15, 0.2) is 0 Å². The van der Waals surface area contributed by atoms with Crippen LogP contribution in [0.2, 0.25) is 0 Å². The van der Waals surface area contributed by atoms with Crippen LogP contribution >= 0.6 is 40.5 Å². The van der Waals surface area contributed by atoms with Crippen LogP contribution < -0.4 is 0 Å². The first kappa shape index (κ1) is 9.88. The third kappa shape index (κ3) is 2.69. The largest absolute Gasteiger partial charge is 0.266 e. The molecule has 0 radical (unpaired) electrons. The molecule has 6 heteroatoms. The number of nitro groups is 1. The van der Waals surface area contributed by atoms with Gasteiger partial charge in [-0.25, -0.2) is 0 Å². The molecule has 0 unspecified atom stereocenters. The van der Waals surface area contributed by atoms with Gasteiger partial charge < -0.3 is 0 Å². The van der Waals surface area contributed by atoms with Crippen LogP contribution in [0.5, 0.6) is 0 Å². The molecule has 0 aliphatic heterocycles. The Kier molecular flexibility index (Phi) is 3.42. The third-order valence-corrected chi connectivity index (χ3v) is 2.81. The predicted molar refractivity (Wildman–Crippen MR) is 54.2 cm³/mol. The van der Waals surface area contributed by atoms with Gasteiger partial charge in [0.2, 0.25) is 0 Å². The van der Waals surface area contributed by atoms with Crippen LogP contribution in [0.3, 0.4) is 0 Å². The van der Waals surface area contributed by atoms with E-state index in [1.54, 1.807) is 18.2 Å². The zero-order chi connectivity index (χ0) is 9.14. The van der Waals surface area contributed by atoms with Crippen LogP contribution in [0.15, 0.2) is 32.5 Å². The molecule has 0 aliphatic carbocycles. The minimum atomic E-state index is -0.457. The van der Waals surface area contributed by atoms with Gasteiger partial charge in [0.1, 0.15) is 4.33 Å². The number of halogens is 1. The van der Waals surface area contributed by atoms with E-state index in [1.165, 1.54) is 0 Å². The van der Waals surface area contributed by atoms with Gasteiger partial charge in [0.25, 0.3) is 11.9 Å². The zero-order valence-electron chi connectivity index (χ0n) is 5.73. The summed E-state index contributed by atoms with van der Waals surface area (Å²) in [7, 11) is 0. The van der Waals surface area contributed by atoms with Crippen LogP contribution in [0.1, 0.15) is 0 Å². The van der Waals surface area contributed by atoms with Crippen LogP contribution in [-0.4, -0.2) is 4.33 Å². The van der Waals surface area contributed by atoms with Crippen molar-refractivity contribution in [1.29, 1.82) is 0 Å². The Balaban J connectivity index is 2.97. The van der Waals surface area contributed by atoms with Crippen LogP contribution in [0, 0.1) is 10.1 Å². The van der Waals surface area contributed by atoms with Gasteiger partial charge in [-0.3, -0.25) is 10.1 Å². The Morgan fingerprint density at radius 1 is 1.58 bits per heavy atom. The highest BCUT2D eigenvalue weighted by molar-refractivity contribution is 9.10. The molecule has 1 aromatic rings. The fourth-order valence-electron chi connectivity index (χ4n) is 0.641. The second-order valence-corrected chi connectivity index (χ2v) is 4.24. The molecule has 0 aromatic heterocycles. The molecular formula is C6H4BrNO2S2. The molecule has 0 spiro atoms. The van der Waals surface area contributed by atoms with E-state index in [2.05, 4.69) is 28.6 Å². The summed E-state index contributed by atoms with van der Waals surface area (Å²) in [5.74, 6) is 0. The molecule has 0 amide bonds. The topological polar surface area (TPSA) is 43.1 Å². The minimum Gasteiger partial charge on any atom is -0.250 e. The lowest BCUT2D eigenvalue weighted by molar-refractivity contribution is -0.284. The molecule has 0 bridgehead atoms. The Bertz CT molecular complexity index is 318. The first-order valence-corrected chi connectivity index (χ1v) is 4.92. The first-order valence-electron chi connectivity index (χ1n) is 2.90. The van der Waals surface area contributed by atoms with Gasteiger partial charge in [-0.15, -0.1) is 12.6 Å². The molecule has 64 valence electrons. The van der Waals surface area contributed by atoms with E-state index in [9.17, 15) is 10.1 Å². The van der Waals surface area contributed by atoms with Crippen molar-refractivity contribution in [3.8, 4) is 0 Å². The number of thiol groups is 1. The van der Waals surface area contributed by atoms with Crippen molar-refractivity contribution in [3.05, 3.63) is 32.8 Å². The maximum Gasteiger partial charge on any atom is 0.266 e. The molecule has 3 nitrogen and oxygen atoms in total. The lowest BCUT2D eigenvalue weighted by atomic mass is 10.4. The highest BCUT2D eigenvalue weighted by atomic mass is 79.9. The van der Waals surface area contributed by atoms with Crippen LogP contribution in [0.25, 0.3) is 0 Å². The summed E-state index contributed by atoms with van der Waals surface area (Å²) < 4.78 is 0.353. The zero-order valence-corrected chi connectivity index (χ0v) is 9.03. The molecule has 0 atom stereocenters. The molecule has 0 saturated carbocycles. The van der Waals surface area contributed by atoms with Crippen molar-refractivity contribution in [2.24, 2.45) is 0 Å². The van der Waals surface area contributed by atoms with E-state index in [1.807, 2.05) is 0 Å². The van der Waals surface area contributed by atoms with Crippen molar-refractivity contribution in [2.75, 3.05) is 0 Å². The fraction of sp³-hybridized carbons (Fsp3) is 0. The summed E-state index contributed by atoms with van der Waals surface area (Å²) in [6, 6.07) is 5.15. The summed E-state index contributed by atoms with van der Waals surface area (Å²) in [6.45, 7) is 0. The van der Waals surface area contributed by atoms with Crippen LogP contribution in [0.4, 0.5) is 0 Å². The van der Waals surface area contributed by atoms with E-state index in [4.69, 9.17) is 0 Å². The lowest BCUT2D eigenvalue weighted by Gasteiger charge is -1.97. The Morgan fingerprint density at radius 2 is 2.25 bits per heavy atom. The third-order valence-electron chi connectivity index (χ3n) is 1.09. The standard InChI is InChI=1S/C6H4BrNO2S2/c7-4-1-2-5(11)6(3-4)12-8(9)10/h1-3,11H. The number of nitrogens with zero attached hydrogens (tertiary/aromatic N) is 1. The smallest absolute Gasteiger partial charge is 0.250 e. The van der Waals surface area contributed by atoms with Crippen molar-refractivity contribution >= 4 is 40.5 Å². The van der Waals surface area contributed by atoms with E-state index in [0.29, 0.717) is 21.7 Å². The number of benzene rings is 1. The molecule has 1 aromatic carbocycles. The Hall–Kier alpha value is -0.200. The Morgan fingerprint density at radius 3 is 2.83 bits per heavy atom. The number of hydrogen-bond donors (Lipinski definition) is 1. The normalized spacial score (nSPS) is 9.83. The number of hydrogen-bond acceptors (Lipinski definition) is 4. The molecule has 1 rings (SSSR count). The summed E-state index contributed by atoms with van der Waals surface area (Å²) in [6.07, 6.45) is 0. The highest BCUT2D eigenvalue weighted by Gasteiger charge is 2.09. The van der Waals surface area contributed by atoms with Crippen LogP contribution in [-0.2, 0) is 0 Å². The van der Waals surface area contributed by atoms with Gasteiger partial charge in [0, 0.05) is 9.37 Å². The van der Waals surface area contributed by atoms with Crippen molar-refractivity contribution in [3.63, 3.8) is 0 Å². The first-order chi connectivity index (χ1) is 5.59. The molecule has 0 saturated heterocycles. The molecule has 0 N–H and O–H groups in total. The number of rotatable bonds is 2. The van der Waals surface area contributed by atoms with E-state index < -0.39 is 4.33 Å². The minimum absolute atomic E-state index is 0.457. The van der Waals surface area contributed by atoms with Gasteiger partial charge in [0.05, 0.1) is 4.90 Å². The summed E-state index contributed by atoms with van der Waals surface area (Å²) in [4.78, 5) is 11.3. The molecular weight excluding hydrogens is 262 g/mol. The quantitative estimate of drug-likeness (QED) is 0.387. The highest BCUT2D eigenvalue weighted by Crippen LogP contribution is 2.28. The van der Waals surface area contributed by atoms with Gasteiger partial charge >= 0.3 is 0 Å². The SMILES string of the molecule is O=[N+]([O-])Sc1cc(Br)ccc1S. The predicted octanol–water partition coefficient (Wildman–Crippen LogP) is 3.02. The van der Waals surface area contributed by atoms with E-state index in [0.717, 1.165) is 4.47 Å². The van der Waals surface area contributed by atoms with Gasteiger partial charge in [-0.1, -0.05) is 15.9 Å². The Labute approximate surface area is 87.4 Å². The summed E-state index contributed by atoms with van der Waals surface area (Å²) >= 11 is 7.85. The lowest BCUT2D eigenvalue weighted by Crippen LogP contribution is -1.84. The molecule has 12 heavy (non-hydrogen) atoms. The van der Waals surface area contributed by atoms with Crippen molar-refractivity contribution in [2.45, 2.75) is 9.79 Å². The van der Waals surface area contributed by atoms with Crippen molar-refractivity contribution in [1.82, 2.24) is 0 Å². The maximum absolute atomic E-state index is 10.2. The van der Waals surface area contributed by atoms with Gasteiger partial charge in [-0.05, 0) is 18.2 Å². The average molecular weight is 266 g/mol. The second kappa shape index (κ2) is 4.15. The second-order valence-electron chi connectivity index (χ2n) is 1.93. The monoisotopic (exact) mass is 265 g/mol. The molecule has 0 fully saturated rings. The van der Waals surface area contributed by atoms with E-state index in [-0.39, 0.29) is 0 Å². The maximum atomic E-state index is 10.2. The molecule has 0 heterocycles. The summed E-state index contributed by atoms with van der Waals surface area (Å²) in [5.41, 5.74) is 0. The summed E-state index contributed by atoms with van der Waals surface area (Å²) in [5, 5.41) is 10.2. The fourth-order valence-corrected chi connectivity index (χ4v) is 1.92. The molecule has 0 aliphatic rings. The average Bonchev–Trinajstić information content (AvgIpc) is 1.96. The van der Waals surface area contributed by atoms with Crippen molar-refractivity contribution < 1.29 is 4.33 Å².